The van der Waals surface area contributed by atoms with Gasteiger partial charge >= 0.3 is 0 Å². The Labute approximate surface area is 174 Å². The van der Waals surface area contributed by atoms with E-state index < -0.39 is 0 Å². The molecule has 2 heterocycles. The molecule has 4 aromatic rings. The van der Waals surface area contributed by atoms with Crippen LogP contribution in [-0.4, -0.2) is 21.8 Å². The normalized spacial score (nSPS) is 10.6. The summed E-state index contributed by atoms with van der Waals surface area (Å²) in [6.45, 7) is 2.07. The highest BCUT2D eigenvalue weighted by atomic mass is 16.2. The van der Waals surface area contributed by atoms with E-state index in [2.05, 4.69) is 27.5 Å². The van der Waals surface area contributed by atoms with Gasteiger partial charge < -0.3 is 10.6 Å². The lowest BCUT2D eigenvalue weighted by molar-refractivity contribution is 0.102. The van der Waals surface area contributed by atoms with Crippen molar-refractivity contribution in [3.63, 3.8) is 0 Å². The lowest BCUT2D eigenvalue weighted by atomic mass is 10.1. The first-order valence-electron chi connectivity index (χ1n) is 9.65. The molecule has 6 nitrogen and oxygen atoms in total. The molecule has 0 bridgehead atoms. The van der Waals surface area contributed by atoms with E-state index in [1.165, 1.54) is 17.8 Å². The van der Waals surface area contributed by atoms with Crippen molar-refractivity contribution < 1.29 is 9.59 Å². The van der Waals surface area contributed by atoms with Crippen LogP contribution in [0.5, 0.6) is 0 Å². The van der Waals surface area contributed by atoms with E-state index in [1.807, 2.05) is 48.5 Å². The minimum Gasteiger partial charge on any atom is -0.321 e. The Hall–Kier alpha value is -4.06. The molecule has 0 spiro atoms. The SMILES string of the molecule is CCc1ccc(NC(=O)c2cc(C(=O)Nc3cccc4cccnc34)ccn2)cc1. The predicted octanol–water partition coefficient (Wildman–Crippen LogP) is 4.70. The number of hydrogen-bond donors (Lipinski definition) is 2. The average molecular weight is 396 g/mol. The van der Waals surface area contributed by atoms with Gasteiger partial charge in [0.05, 0.1) is 11.2 Å². The third-order valence-corrected chi connectivity index (χ3v) is 4.76. The lowest BCUT2D eigenvalue weighted by Crippen LogP contribution is -2.17. The number of anilines is 2. The van der Waals surface area contributed by atoms with E-state index in [-0.39, 0.29) is 17.5 Å². The first kappa shape index (κ1) is 19.3. The summed E-state index contributed by atoms with van der Waals surface area (Å²) in [6.07, 6.45) is 4.06. The summed E-state index contributed by atoms with van der Waals surface area (Å²) < 4.78 is 0. The van der Waals surface area contributed by atoms with Crippen LogP contribution in [0.25, 0.3) is 10.9 Å². The van der Waals surface area contributed by atoms with Gasteiger partial charge in [-0.25, -0.2) is 0 Å². The Morgan fingerprint density at radius 1 is 0.833 bits per heavy atom. The maximum Gasteiger partial charge on any atom is 0.274 e. The minimum absolute atomic E-state index is 0.165. The summed E-state index contributed by atoms with van der Waals surface area (Å²) in [5.41, 5.74) is 3.68. The largest absolute Gasteiger partial charge is 0.321 e. The third kappa shape index (κ3) is 4.17. The molecule has 0 unspecified atom stereocenters. The number of nitrogens with one attached hydrogen (secondary N) is 2. The van der Waals surface area contributed by atoms with Gasteiger partial charge in [0.25, 0.3) is 11.8 Å². The van der Waals surface area contributed by atoms with Gasteiger partial charge in [-0.05, 0) is 48.4 Å². The number of hydrogen-bond acceptors (Lipinski definition) is 4. The highest BCUT2D eigenvalue weighted by Crippen LogP contribution is 2.21. The highest BCUT2D eigenvalue weighted by molar-refractivity contribution is 6.10. The fourth-order valence-electron chi connectivity index (χ4n) is 3.11. The summed E-state index contributed by atoms with van der Waals surface area (Å²) in [4.78, 5) is 33.8. The monoisotopic (exact) mass is 396 g/mol. The Morgan fingerprint density at radius 2 is 1.63 bits per heavy atom. The zero-order chi connectivity index (χ0) is 20.9. The van der Waals surface area contributed by atoms with Crippen molar-refractivity contribution in [1.29, 1.82) is 0 Å². The topological polar surface area (TPSA) is 84.0 Å². The van der Waals surface area contributed by atoms with Gasteiger partial charge in [0.1, 0.15) is 5.69 Å². The fourth-order valence-corrected chi connectivity index (χ4v) is 3.11. The summed E-state index contributed by atoms with van der Waals surface area (Å²) >= 11 is 0. The molecule has 6 heteroatoms. The summed E-state index contributed by atoms with van der Waals surface area (Å²) in [5.74, 6) is -0.711. The van der Waals surface area contributed by atoms with Crippen molar-refractivity contribution in [2.24, 2.45) is 0 Å². The Kier molecular flexibility index (Phi) is 5.48. The number of para-hydroxylation sites is 1. The molecule has 0 fully saturated rings. The maximum atomic E-state index is 12.8. The molecular weight excluding hydrogens is 376 g/mol. The molecule has 2 N–H and O–H groups in total. The summed E-state index contributed by atoms with van der Waals surface area (Å²) in [5, 5.41) is 6.60. The number of carbonyl (C=O) groups excluding carboxylic acids is 2. The molecule has 0 saturated carbocycles. The van der Waals surface area contributed by atoms with Gasteiger partial charge in [0, 0.05) is 29.0 Å². The molecular formula is C24H20N4O2. The molecule has 0 aliphatic carbocycles. The zero-order valence-electron chi connectivity index (χ0n) is 16.4. The van der Waals surface area contributed by atoms with Crippen molar-refractivity contribution in [1.82, 2.24) is 9.97 Å². The number of amides is 2. The Bertz CT molecular complexity index is 1210. The fraction of sp³-hybridized carbons (Fsp3) is 0.0833. The van der Waals surface area contributed by atoms with E-state index in [4.69, 9.17) is 0 Å². The maximum absolute atomic E-state index is 12.8. The standard InChI is InChI=1S/C24H20N4O2/c1-2-16-8-10-19(11-9-16)27-24(30)21-15-18(12-14-25-21)23(29)28-20-7-3-5-17-6-4-13-26-22(17)20/h3-15H,2H2,1H3,(H,27,30)(H,28,29). The molecule has 2 amide bonds. The van der Waals surface area contributed by atoms with E-state index in [9.17, 15) is 9.59 Å². The van der Waals surface area contributed by atoms with Gasteiger partial charge in [-0.15, -0.1) is 0 Å². The number of rotatable bonds is 5. The molecule has 0 saturated heterocycles. The molecule has 0 aliphatic rings. The number of carbonyl (C=O) groups is 2. The van der Waals surface area contributed by atoms with Crippen LogP contribution in [-0.2, 0) is 6.42 Å². The first-order valence-corrected chi connectivity index (χ1v) is 9.65. The smallest absolute Gasteiger partial charge is 0.274 e. The molecule has 148 valence electrons. The molecule has 0 atom stereocenters. The quantitative estimate of drug-likeness (QED) is 0.512. The minimum atomic E-state index is -0.374. The second-order valence-corrected chi connectivity index (χ2v) is 6.77. The molecule has 2 aromatic heterocycles. The van der Waals surface area contributed by atoms with Crippen molar-refractivity contribution in [3.05, 3.63) is 95.9 Å². The molecule has 30 heavy (non-hydrogen) atoms. The van der Waals surface area contributed by atoms with Crippen molar-refractivity contribution in [2.75, 3.05) is 10.6 Å². The van der Waals surface area contributed by atoms with Gasteiger partial charge in [-0.3, -0.25) is 19.6 Å². The van der Waals surface area contributed by atoms with E-state index in [0.29, 0.717) is 22.5 Å². The average Bonchev–Trinajstić information content (AvgIpc) is 2.80. The number of aromatic nitrogens is 2. The third-order valence-electron chi connectivity index (χ3n) is 4.76. The second kappa shape index (κ2) is 8.53. The van der Waals surface area contributed by atoms with Crippen molar-refractivity contribution >= 4 is 34.1 Å². The van der Waals surface area contributed by atoms with Crippen LogP contribution in [0.2, 0.25) is 0 Å². The number of fused-ring (bicyclic) bond motifs is 1. The molecule has 2 aromatic carbocycles. The number of nitrogens with zero attached hydrogens (tertiary/aromatic N) is 2. The van der Waals surface area contributed by atoms with Gasteiger partial charge in [-0.1, -0.05) is 37.3 Å². The van der Waals surface area contributed by atoms with E-state index in [1.54, 1.807) is 18.3 Å². The molecule has 0 radical (unpaired) electrons. The highest BCUT2D eigenvalue weighted by Gasteiger charge is 2.13. The van der Waals surface area contributed by atoms with Gasteiger partial charge in [0.15, 0.2) is 0 Å². The molecule has 0 aliphatic heterocycles. The van der Waals surface area contributed by atoms with Crippen LogP contribution in [0.3, 0.4) is 0 Å². The van der Waals surface area contributed by atoms with Gasteiger partial charge in [0.2, 0.25) is 0 Å². The van der Waals surface area contributed by atoms with E-state index in [0.717, 1.165) is 11.8 Å². The first-order chi connectivity index (χ1) is 14.6. The Morgan fingerprint density at radius 3 is 2.43 bits per heavy atom. The Balaban J connectivity index is 1.52. The lowest BCUT2D eigenvalue weighted by Gasteiger charge is -2.09. The number of aryl methyl sites for hydroxylation is 1. The van der Waals surface area contributed by atoms with Crippen molar-refractivity contribution in [3.8, 4) is 0 Å². The zero-order valence-corrected chi connectivity index (χ0v) is 16.4. The van der Waals surface area contributed by atoms with Gasteiger partial charge in [-0.2, -0.15) is 0 Å². The predicted molar refractivity (Wildman–Crippen MR) is 118 cm³/mol. The number of pyridine rings is 2. The van der Waals surface area contributed by atoms with Crippen molar-refractivity contribution in [2.45, 2.75) is 13.3 Å². The van der Waals surface area contributed by atoms with Crippen LogP contribution < -0.4 is 10.6 Å². The van der Waals surface area contributed by atoms with E-state index >= 15 is 0 Å². The summed E-state index contributed by atoms with van der Waals surface area (Å²) in [6, 6.07) is 20.0. The molecule has 4 rings (SSSR count). The van der Waals surface area contributed by atoms with Crippen LogP contribution in [0, 0.1) is 0 Å². The number of benzene rings is 2. The second-order valence-electron chi connectivity index (χ2n) is 6.77. The van der Waals surface area contributed by atoms with Crippen LogP contribution in [0.15, 0.2) is 79.1 Å². The summed E-state index contributed by atoms with van der Waals surface area (Å²) in [7, 11) is 0. The van der Waals surface area contributed by atoms with Crippen LogP contribution in [0.4, 0.5) is 11.4 Å². The van der Waals surface area contributed by atoms with Crippen LogP contribution >= 0.6 is 0 Å². The van der Waals surface area contributed by atoms with Crippen LogP contribution in [0.1, 0.15) is 33.3 Å².